The number of amides is 1. The van der Waals surface area contributed by atoms with Crippen LogP contribution >= 0.6 is 23.2 Å². The van der Waals surface area contributed by atoms with Crippen LogP contribution in [0.25, 0.3) is 0 Å². The van der Waals surface area contributed by atoms with Gasteiger partial charge in [0.15, 0.2) is 0 Å². The van der Waals surface area contributed by atoms with E-state index in [1.165, 1.54) is 6.07 Å². The third-order valence-electron chi connectivity index (χ3n) is 2.84. The smallest absolute Gasteiger partial charge is 0.303 e. The summed E-state index contributed by atoms with van der Waals surface area (Å²) in [4.78, 5) is 24.6. The third-order valence-corrected chi connectivity index (χ3v) is 3.38. The maximum Gasteiger partial charge on any atom is 0.303 e. The molecule has 1 aromatic rings. The Bertz CT molecular complexity index is 503. The van der Waals surface area contributed by atoms with Gasteiger partial charge in [-0.1, -0.05) is 23.2 Å². The molecule has 0 saturated carbocycles. The first-order chi connectivity index (χ1) is 9.32. The van der Waals surface area contributed by atoms with Crippen LogP contribution in [0, 0.1) is 0 Å². The Labute approximate surface area is 128 Å². The largest absolute Gasteiger partial charge is 0.481 e. The fourth-order valence-corrected chi connectivity index (χ4v) is 2.30. The van der Waals surface area contributed by atoms with Crippen LogP contribution in [0.3, 0.4) is 0 Å². The number of hydrogen-bond donors (Lipinski definition) is 1. The van der Waals surface area contributed by atoms with Crippen molar-refractivity contribution in [2.75, 3.05) is 6.54 Å². The van der Waals surface area contributed by atoms with Crippen LogP contribution in [0.2, 0.25) is 10.0 Å². The molecular formula is C14H17Cl2NO3. The third kappa shape index (κ3) is 4.69. The molecular weight excluding hydrogens is 301 g/mol. The first-order valence-electron chi connectivity index (χ1n) is 6.30. The highest BCUT2D eigenvalue weighted by atomic mass is 35.5. The minimum Gasteiger partial charge on any atom is -0.481 e. The zero-order valence-corrected chi connectivity index (χ0v) is 12.9. The molecule has 110 valence electrons. The first kappa shape index (κ1) is 16.8. The van der Waals surface area contributed by atoms with Gasteiger partial charge in [0.1, 0.15) is 0 Å². The number of nitrogens with zero attached hydrogens (tertiary/aromatic N) is 1. The molecule has 0 aliphatic rings. The number of halogens is 2. The maximum atomic E-state index is 12.4. The molecule has 4 nitrogen and oxygen atoms in total. The number of carbonyl (C=O) groups is 2. The van der Waals surface area contributed by atoms with E-state index >= 15 is 0 Å². The van der Waals surface area contributed by atoms with E-state index in [4.69, 9.17) is 28.3 Å². The standard InChI is InChI=1S/C14H17Cl2NO3/c1-9(2)17(7-3-4-13(18)19)14(20)11-6-5-10(15)8-12(11)16/h5-6,8-9H,3-4,7H2,1-2H3,(H,18,19). The van der Waals surface area contributed by atoms with Crippen LogP contribution in [-0.2, 0) is 4.79 Å². The van der Waals surface area contributed by atoms with Crippen LogP contribution < -0.4 is 0 Å². The number of aliphatic carboxylic acids is 1. The second-order valence-electron chi connectivity index (χ2n) is 4.71. The van der Waals surface area contributed by atoms with E-state index in [2.05, 4.69) is 0 Å². The molecule has 0 aliphatic heterocycles. The van der Waals surface area contributed by atoms with Crippen LogP contribution in [-0.4, -0.2) is 34.5 Å². The Hall–Kier alpha value is -1.26. The molecule has 1 rings (SSSR count). The van der Waals surface area contributed by atoms with Gasteiger partial charge in [0.25, 0.3) is 5.91 Å². The second-order valence-corrected chi connectivity index (χ2v) is 5.56. The van der Waals surface area contributed by atoms with E-state index in [1.807, 2.05) is 13.8 Å². The normalized spacial score (nSPS) is 10.7. The molecule has 1 N–H and O–H groups in total. The highest BCUT2D eigenvalue weighted by Gasteiger charge is 2.21. The van der Waals surface area contributed by atoms with E-state index < -0.39 is 5.97 Å². The van der Waals surface area contributed by atoms with Gasteiger partial charge in [0.05, 0.1) is 10.6 Å². The van der Waals surface area contributed by atoms with Gasteiger partial charge in [0, 0.05) is 24.0 Å². The van der Waals surface area contributed by atoms with Gasteiger partial charge in [0.2, 0.25) is 0 Å². The minimum atomic E-state index is -0.870. The monoisotopic (exact) mass is 317 g/mol. The lowest BCUT2D eigenvalue weighted by atomic mass is 10.1. The Morgan fingerprint density at radius 1 is 1.30 bits per heavy atom. The van der Waals surface area contributed by atoms with Gasteiger partial charge in [-0.15, -0.1) is 0 Å². The van der Waals surface area contributed by atoms with Gasteiger partial charge in [-0.2, -0.15) is 0 Å². The SMILES string of the molecule is CC(C)N(CCCC(=O)O)C(=O)c1ccc(Cl)cc1Cl. The van der Waals surface area contributed by atoms with E-state index in [-0.39, 0.29) is 18.4 Å². The summed E-state index contributed by atoms with van der Waals surface area (Å²) >= 11 is 11.8. The fraction of sp³-hybridized carbons (Fsp3) is 0.429. The summed E-state index contributed by atoms with van der Waals surface area (Å²) in [6.45, 7) is 4.13. The highest BCUT2D eigenvalue weighted by molar-refractivity contribution is 6.36. The number of carboxylic acids is 1. The molecule has 0 aromatic heterocycles. The molecule has 0 spiro atoms. The van der Waals surface area contributed by atoms with Crippen molar-refractivity contribution in [3.8, 4) is 0 Å². The predicted molar refractivity (Wildman–Crippen MR) is 79.5 cm³/mol. The van der Waals surface area contributed by atoms with E-state index in [1.54, 1.807) is 17.0 Å². The van der Waals surface area contributed by atoms with Crippen LogP contribution in [0.5, 0.6) is 0 Å². The van der Waals surface area contributed by atoms with Crippen molar-refractivity contribution in [3.05, 3.63) is 33.8 Å². The summed E-state index contributed by atoms with van der Waals surface area (Å²) in [6.07, 6.45) is 0.440. The summed E-state index contributed by atoms with van der Waals surface area (Å²) < 4.78 is 0. The van der Waals surface area contributed by atoms with Crippen molar-refractivity contribution in [1.29, 1.82) is 0 Å². The highest BCUT2D eigenvalue weighted by Crippen LogP contribution is 2.23. The summed E-state index contributed by atoms with van der Waals surface area (Å²) in [7, 11) is 0. The lowest BCUT2D eigenvalue weighted by molar-refractivity contribution is -0.137. The summed E-state index contributed by atoms with van der Waals surface area (Å²) in [5.41, 5.74) is 0.375. The average molecular weight is 318 g/mol. The van der Waals surface area contributed by atoms with Crippen LogP contribution in [0.1, 0.15) is 37.0 Å². The number of rotatable bonds is 6. The van der Waals surface area contributed by atoms with Crippen molar-refractivity contribution in [3.63, 3.8) is 0 Å². The van der Waals surface area contributed by atoms with Gasteiger partial charge >= 0.3 is 5.97 Å². The molecule has 6 heteroatoms. The number of hydrogen-bond acceptors (Lipinski definition) is 2. The van der Waals surface area contributed by atoms with E-state index in [0.29, 0.717) is 28.6 Å². The Balaban J connectivity index is 2.85. The van der Waals surface area contributed by atoms with Gasteiger partial charge in [-0.3, -0.25) is 9.59 Å². The van der Waals surface area contributed by atoms with Gasteiger partial charge in [-0.05, 0) is 38.5 Å². The van der Waals surface area contributed by atoms with Crippen LogP contribution in [0.4, 0.5) is 0 Å². The molecule has 0 atom stereocenters. The van der Waals surface area contributed by atoms with Crippen molar-refractivity contribution in [1.82, 2.24) is 4.90 Å². The second kappa shape index (κ2) is 7.50. The van der Waals surface area contributed by atoms with E-state index in [9.17, 15) is 9.59 Å². The number of carboxylic acid groups (broad SMARTS) is 1. The minimum absolute atomic E-state index is 0.0326. The quantitative estimate of drug-likeness (QED) is 0.870. The lowest BCUT2D eigenvalue weighted by Gasteiger charge is -2.27. The summed E-state index contributed by atoms with van der Waals surface area (Å²) in [6, 6.07) is 4.67. The molecule has 20 heavy (non-hydrogen) atoms. The van der Waals surface area contributed by atoms with E-state index in [0.717, 1.165) is 0 Å². The average Bonchev–Trinajstić information content (AvgIpc) is 2.33. The van der Waals surface area contributed by atoms with Crippen LogP contribution in [0.15, 0.2) is 18.2 Å². The summed E-state index contributed by atoms with van der Waals surface area (Å²) in [5, 5.41) is 9.42. The lowest BCUT2D eigenvalue weighted by Crippen LogP contribution is -2.38. The van der Waals surface area contributed by atoms with Crippen molar-refractivity contribution >= 4 is 35.1 Å². The molecule has 0 aliphatic carbocycles. The Morgan fingerprint density at radius 3 is 2.45 bits per heavy atom. The Kier molecular flexibility index (Phi) is 6.30. The molecule has 0 fully saturated rings. The molecule has 0 heterocycles. The summed E-state index contributed by atoms with van der Waals surface area (Å²) in [5.74, 6) is -1.09. The zero-order valence-electron chi connectivity index (χ0n) is 11.4. The number of benzene rings is 1. The molecule has 0 bridgehead atoms. The number of carbonyl (C=O) groups excluding carboxylic acids is 1. The van der Waals surface area contributed by atoms with Gasteiger partial charge < -0.3 is 10.0 Å². The fourth-order valence-electron chi connectivity index (χ4n) is 1.81. The zero-order chi connectivity index (χ0) is 15.3. The molecule has 0 saturated heterocycles. The Morgan fingerprint density at radius 2 is 1.95 bits per heavy atom. The molecule has 0 radical (unpaired) electrons. The van der Waals surface area contributed by atoms with Crippen molar-refractivity contribution < 1.29 is 14.7 Å². The molecule has 1 aromatic carbocycles. The topological polar surface area (TPSA) is 57.6 Å². The first-order valence-corrected chi connectivity index (χ1v) is 7.06. The molecule has 0 unspecified atom stereocenters. The predicted octanol–water partition coefficient (Wildman–Crippen LogP) is 3.71. The van der Waals surface area contributed by atoms with Gasteiger partial charge in [-0.25, -0.2) is 0 Å². The maximum absolute atomic E-state index is 12.4. The van der Waals surface area contributed by atoms with Crippen molar-refractivity contribution in [2.45, 2.75) is 32.7 Å². The molecule has 1 amide bonds. The van der Waals surface area contributed by atoms with Crippen molar-refractivity contribution in [2.24, 2.45) is 0 Å².